The lowest BCUT2D eigenvalue weighted by atomic mass is 10.1. The van der Waals surface area contributed by atoms with Gasteiger partial charge in [0, 0.05) is 16.7 Å². The second kappa shape index (κ2) is 8.65. The van der Waals surface area contributed by atoms with Crippen LogP contribution >= 0.6 is 15.9 Å². The lowest BCUT2D eigenvalue weighted by molar-refractivity contribution is -0.153. The van der Waals surface area contributed by atoms with Crippen LogP contribution in [-0.4, -0.2) is 38.7 Å². The van der Waals surface area contributed by atoms with Gasteiger partial charge in [0.15, 0.2) is 17.6 Å². The number of methoxy groups -OCH3 is 2. The Bertz CT molecular complexity index is 898. The van der Waals surface area contributed by atoms with Crippen molar-refractivity contribution in [3.63, 3.8) is 0 Å². The van der Waals surface area contributed by atoms with Crippen molar-refractivity contribution in [1.29, 1.82) is 0 Å². The summed E-state index contributed by atoms with van der Waals surface area (Å²) in [6, 6.07) is 11.2. The van der Waals surface area contributed by atoms with Crippen molar-refractivity contribution < 1.29 is 23.8 Å². The number of hydrogen-bond donors (Lipinski definition) is 0. The minimum absolute atomic E-state index is 0.00907. The number of ether oxygens (including phenoxy) is 3. The van der Waals surface area contributed by atoms with Crippen molar-refractivity contribution in [2.75, 3.05) is 25.7 Å². The fraction of sp³-hybridized carbons (Fsp3) is 0.333. The minimum atomic E-state index is -0.863. The number of halogens is 1. The molecule has 0 aromatic heterocycles. The van der Waals surface area contributed by atoms with Gasteiger partial charge in [0.05, 0.1) is 20.6 Å². The Morgan fingerprint density at radius 1 is 1.14 bits per heavy atom. The largest absolute Gasteiger partial charge is 0.493 e. The zero-order valence-corrected chi connectivity index (χ0v) is 17.6. The summed E-state index contributed by atoms with van der Waals surface area (Å²) in [4.78, 5) is 26.8. The van der Waals surface area contributed by atoms with Gasteiger partial charge in [-0.1, -0.05) is 34.1 Å². The van der Waals surface area contributed by atoms with Crippen LogP contribution in [0.15, 0.2) is 40.9 Å². The van der Waals surface area contributed by atoms with Crippen LogP contribution in [0, 0.1) is 0 Å². The SMILES string of the molecule is COc1cc(Br)c(CC(=O)OC(C)C(=O)N2CCc3ccccc32)cc1OC. The van der Waals surface area contributed by atoms with Crippen LogP contribution in [0.2, 0.25) is 0 Å². The van der Waals surface area contributed by atoms with Gasteiger partial charge >= 0.3 is 5.97 Å². The van der Waals surface area contributed by atoms with E-state index in [4.69, 9.17) is 14.2 Å². The molecular weight excluding hydrogens is 426 g/mol. The molecule has 0 fully saturated rings. The third-order valence-corrected chi connectivity index (χ3v) is 5.43. The highest BCUT2D eigenvalue weighted by Gasteiger charge is 2.29. The van der Waals surface area contributed by atoms with Gasteiger partial charge in [0.2, 0.25) is 0 Å². The fourth-order valence-electron chi connectivity index (χ4n) is 3.26. The molecule has 0 spiro atoms. The van der Waals surface area contributed by atoms with Gasteiger partial charge in [-0.25, -0.2) is 0 Å². The van der Waals surface area contributed by atoms with E-state index in [1.165, 1.54) is 7.11 Å². The number of hydrogen-bond acceptors (Lipinski definition) is 5. The Labute approximate surface area is 172 Å². The van der Waals surface area contributed by atoms with E-state index < -0.39 is 12.1 Å². The van der Waals surface area contributed by atoms with Gasteiger partial charge in [0.1, 0.15) is 0 Å². The highest BCUT2D eigenvalue weighted by atomic mass is 79.9. The van der Waals surface area contributed by atoms with Gasteiger partial charge in [-0.15, -0.1) is 0 Å². The van der Waals surface area contributed by atoms with Crippen LogP contribution in [0.25, 0.3) is 0 Å². The molecule has 2 aromatic carbocycles. The van der Waals surface area contributed by atoms with E-state index in [2.05, 4.69) is 15.9 Å². The van der Waals surface area contributed by atoms with E-state index in [-0.39, 0.29) is 12.3 Å². The summed E-state index contributed by atoms with van der Waals surface area (Å²) in [6.07, 6.45) is -0.0476. The maximum absolute atomic E-state index is 12.7. The van der Waals surface area contributed by atoms with E-state index in [1.807, 2.05) is 24.3 Å². The maximum Gasteiger partial charge on any atom is 0.311 e. The van der Waals surface area contributed by atoms with Crippen molar-refractivity contribution >= 4 is 33.5 Å². The summed E-state index contributed by atoms with van der Waals surface area (Å²) < 4.78 is 16.6. The molecule has 28 heavy (non-hydrogen) atoms. The molecular formula is C21H22BrNO5. The molecule has 1 amide bonds. The summed E-state index contributed by atoms with van der Waals surface area (Å²) in [7, 11) is 3.07. The molecule has 148 valence electrons. The highest BCUT2D eigenvalue weighted by Crippen LogP contribution is 2.34. The average molecular weight is 448 g/mol. The van der Waals surface area contributed by atoms with E-state index in [0.717, 1.165) is 17.7 Å². The van der Waals surface area contributed by atoms with Gasteiger partial charge < -0.3 is 19.1 Å². The molecule has 1 heterocycles. The molecule has 0 radical (unpaired) electrons. The Morgan fingerprint density at radius 2 is 1.82 bits per heavy atom. The quantitative estimate of drug-likeness (QED) is 0.633. The lowest BCUT2D eigenvalue weighted by Gasteiger charge is -2.22. The van der Waals surface area contributed by atoms with Crippen molar-refractivity contribution in [3.05, 3.63) is 52.0 Å². The molecule has 0 aliphatic carbocycles. The number of carbonyl (C=O) groups is 2. The first-order valence-corrected chi connectivity index (χ1v) is 9.73. The molecule has 1 aliphatic heterocycles. The number of amides is 1. The van der Waals surface area contributed by atoms with E-state index in [0.29, 0.717) is 28.1 Å². The van der Waals surface area contributed by atoms with Gasteiger partial charge in [0.25, 0.3) is 5.91 Å². The Balaban J connectivity index is 1.66. The number of carbonyl (C=O) groups excluding carboxylic acids is 2. The summed E-state index contributed by atoms with van der Waals surface area (Å²) in [5, 5.41) is 0. The number of fused-ring (bicyclic) bond motifs is 1. The monoisotopic (exact) mass is 447 g/mol. The summed E-state index contributed by atoms with van der Waals surface area (Å²) >= 11 is 3.43. The van der Waals surface area contributed by atoms with Crippen LogP contribution in [0.1, 0.15) is 18.1 Å². The second-order valence-corrected chi connectivity index (χ2v) is 7.33. The molecule has 1 aliphatic rings. The Hall–Kier alpha value is -2.54. The zero-order valence-electron chi connectivity index (χ0n) is 16.0. The van der Waals surface area contributed by atoms with Gasteiger partial charge in [-0.2, -0.15) is 0 Å². The molecule has 2 aromatic rings. The molecule has 0 N–H and O–H groups in total. The van der Waals surface area contributed by atoms with E-state index >= 15 is 0 Å². The van der Waals surface area contributed by atoms with Crippen LogP contribution in [0.5, 0.6) is 11.5 Å². The number of benzene rings is 2. The topological polar surface area (TPSA) is 65.1 Å². The normalized spacial score (nSPS) is 13.6. The lowest BCUT2D eigenvalue weighted by Crippen LogP contribution is -2.39. The summed E-state index contributed by atoms with van der Waals surface area (Å²) in [6.45, 7) is 2.20. The molecule has 1 atom stereocenters. The summed E-state index contributed by atoms with van der Waals surface area (Å²) in [5.74, 6) is 0.375. The Kier molecular flexibility index (Phi) is 6.24. The number of para-hydroxylation sites is 1. The molecule has 3 rings (SSSR count). The second-order valence-electron chi connectivity index (χ2n) is 6.48. The predicted octanol–water partition coefficient (Wildman–Crippen LogP) is 3.53. The molecule has 7 heteroatoms. The van der Waals surface area contributed by atoms with Gasteiger partial charge in [-0.3, -0.25) is 9.59 Å². The zero-order chi connectivity index (χ0) is 20.3. The van der Waals surface area contributed by atoms with E-state index in [9.17, 15) is 9.59 Å². The predicted molar refractivity (Wildman–Crippen MR) is 109 cm³/mol. The number of esters is 1. The molecule has 1 unspecified atom stereocenters. The Morgan fingerprint density at radius 3 is 2.54 bits per heavy atom. The maximum atomic E-state index is 12.7. The van der Waals surface area contributed by atoms with Crippen LogP contribution in [0.3, 0.4) is 0 Å². The third kappa shape index (κ3) is 4.14. The van der Waals surface area contributed by atoms with Crippen molar-refractivity contribution in [1.82, 2.24) is 0 Å². The standard InChI is InChI=1S/C21H22BrNO5/c1-13(21(25)23-9-8-14-6-4-5-7-17(14)23)28-20(24)11-15-10-18(26-2)19(27-3)12-16(15)22/h4-7,10,12-13H,8-9,11H2,1-3H3. The fourth-order valence-corrected chi connectivity index (χ4v) is 3.73. The first-order valence-electron chi connectivity index (χ1n) is 8.93. The molecule has 6 nitrogen and oxygen atoms in total. The van der Waals surface area contributed by atoms with Crippen molar-refractivity contribution in [3.8, 4) is 11.5 Å². The van der Waals surface area contributed by atoms with Crippen molar-refractivity contribution in [2.24, 2.45) is 0 Å². The molecule has 0 bridgehead atoms. The number of anilines is 1. The number of nitrogens with zero attached hydrogens (tertiary/aromatic N) is 1. The van der Waals surface area contributed by atoms with Gasteiger partial charge in [-0.05, 0) is 42.7 Å². The molecule has 0 saturated heterocycles. The highest BCUT2D eigenvalue weighted by molar-refractivity contribution is 9.10. The first kappa shape index (κ1) is 20.2. The average Bonchev–Trinajstić information content (AvgIpc) is 3.12. The van der Waals surface area contributed by atoms with Crippen LogP contribution in [-0.2, 0) is 27.2 Å². The minimum Gasteiger partial charge on any atom is -0.493 e. The number of rotatable bonds is 6. The van der Waals surface area contributed by atoms with Crippen LogP contribution in [0.4, 0.5) is 5.69 Å². The van der Waals surface area contributed by atoms with Crippen molar-refractivity contribution in [2.45, 2.75) is 25.9 Å². The smallest absolute Gasteiger partial charge is 0.311 e. The first-order chi connectivity index (χ1) is 13.4. The van der Waals surface area contributed by atoms with Crippen LogP contribution < -0.4 is 14.4 Å². The summed E-state index contributed by atoms with van der Waals surface area (Å²) in [5.41, 5.74) is 2.70. The third-order valence-electron chi connectivity index (χ3n) is 4.70. The van der Waals surface area contributed by atoms with E-state index in [1.54, 1.807) is 31.1 Å². The molecule has 0 saturated carbocycles.